The fourth-order valence-electron chi connectivity index (χ4n) is 1.33. The number of carbonyl (C=O) groups is 1. The van der Waals surface area contributed by atoms with E-state index in [-0.39, 0.29) is 0 Å². The molecule has 0 unspecified atom stereocenters. The van der Waals surface area contributed by atoms with Crippen LogP contribution in [-0.2, 0) is 0 Å². The molecule has 2 aromatic rings. The van der Waals surface area contributed by atoms with E-state index >= 15 is 0 Å². The molecular weight excluding hydrogens is 198 g/mol. The number of benzene rings is 1. The smallest absolute Gasteiger partial charge is 0.258 e. The van der Waals surface area contributed by atoms with Crippen LogP contribution >= 0.6 is 11.3 Å². The van der Waals surface area contributed by atoms with Gasteiger partial charge in [0, 0.05) is 10.1 Å². The molecule has 0 atom stereocenters. The maximum absolute atomic E-state index is 11.0. The molecule has 1 aromatic heterocycles. The Labute approximate surface area is 85.1 Å². The van der Waals surface area contributed by atoms with Crippen molar-refractivity contribution in [1.82, 2.24) is 0 Å². The summed E-state index contributed by atoms with van der Waals surface area (Å²) in [5.41, 5.74) is 5.20. The average Bonchev–Trinajstić information content (AvgIpc) is 2.60. The number of fused-ring (bicyclic) bond motifs is 1. The third-order valence-corrected chi connectivity index (χ3v) is 3.10. The van der Waals surface area contributed by atoms with E-state index in [1.54, 1.807) is 13.2 Å². The molecule has 72 valence electrons. The van der Waals surface area contributed by atoms with Crippen molar-refractivity contribution in [3.63, 3.8) is 0 Å². The van der Waals surface area contributed by atoms with Gasteiger partial charge in [-0.1, -0.05) is 6.07 Å². The predicted octanol–water partition coefficient (Wildman–Crippen LogP) is 2.01. The largest absolute Gasteiger partial charge is 0.496 e. The highest BCUT2D eigenvalue weighted by Gasteiger charge is 2.09. The van der Waals surface area contributed by atoms with Gasteiger partial charge in [0.15, 0.2) is 0 Å². The van der Waals surface area contributed by atoms with Gasteiger partial charge in [-0.25, -0.2) is 0 Å². The van der Waals surface area contributed by atoms with Crippen molar-refractivity contribution in [1.29, 1.82) is 0 Å². The lowest BCUT2D eigenvalue weighted by atomic mass is 10.2. The first-order valence-corrected chi connectivity index (χ1v) is 4.90. The van der Waals surface area contributed by atoms with Crippen LogP contribution in [0.1, 0.15) is 9.67 Å². The topological polar surface area (TPSA) is 52.3 Å². The third-order valence-electron chi connectivity index (χ3n) is 1.98. The summed E-state index contributed by atoms with van der Waals surface area (Å²) in [5, 5.41) is 0.939. The molecule has 1 heterocycles. The van der Waals surface area contributed by atoms with E-state index in [4.69, 9.17) is 10.5 Å². The second-order valence-electron chi connectivity index (χ2n) is 2.85. The molecule has 0 aliphatic carbocycles. The molecule has 14 heavy (non-hydrogen) atoms. The minimum atomic E-state index is -0.395. The molecule has 0 aliphatic rings. The lowest BCUT2D eigenvalue weighted by molar-refractivity contribution is 0.100. The van der Waals surface area contributed by atoms with Gasteiger partial charge in [0.25, 0.3) is 5.91 Å². The fourth-order valence-corrected chi connectivity index (χ4v) is 2.26. The molecule has 0 bridgehead atoms. The molecule has 4 heteroatoms. The molecular formula is C10H9NO2S. The Kier molecular flexibility index (Phi) is 2.13. The average molecular weight is 207 g/mol. The van der Waals surface area contributed by atoms with Gasteiger partial charge in [-0.15, -0.1) is 11.3 Å². The standard InChI is InChI=1S/C10H9NO2S/c1-13-7-3-2-4-8-6(7)5-9(14-8)10(11)12/h2-5H,1H3,(H2,11,12). The van der Waals surface area contributed by atoms with Gasteiger partial charge in [-0.05, 0) is 18.2 Å². The Morgan fingerprint density at radius 2 is 2.29 bits per heavy atom. The minimum absolute atomic E-state index is 0.395. The molecule has 0 saturated carbocycles. The first-order chi connectivity index (χ1) is 6.72. The number of amides is 1. The Balaban J connectivity index is 2.70. The molecule has 0 saturated heterocycles. The normalized spacial score (nSPS) is 10.4. The van der Waals surface area contributed by atoms with Crippen LogP contribution < -0.4 is 10.5 Å². The van der Waals surface area contributed by atoms with Crippen molar-refractivity contribution in [3.8, 4) is 5.75 Å². The summed E-state index contributed by atoms with van der Waals surface area (Å²) >= 11 is 1.38. The first-order valence-electron chi connectivity index (χ1n) is 4.08. The first kappa shape index (κ1) is 9.02. The van der Waals surface area contributed by atoms with Gasteiger partial charge >= 0.3 is 0 Å². The SMILES string of the molecule is COc1cccc2sc(C(N)=O)cc12. The van der Waals surface area contributed by atoms with E-state index in [2.05, 4.69) is 0 Å². The molecule has 0 radical (unpaired) electrons. The summed E-state index contributed by atoms with van der Waals surface area (Å²) in [6.45, 7) is 0. The monoisotopic (exact) mass is 207 g/mol. The number of methoxy groups -OCH3 is 1. The zero-order valence-corrected chi connectivity index (χ0v) is 8.43. The summed E-state index contributed by atoms with van der Waals surface area (Å²) in [6.07, 6.45) is 0. The summed E-state index contributed by atoms with van der Waals surface area (Å²) in [4.78, 5) is 11.5. The number of thiophene rings is 1. The van der Waals surface area contributed by atoms with E-state index in [0.717, 1.165) is 15.8 Å². The number of carbonyl (C=O) groups excluding carboxylic acids is 1. The Morgan fingerprint density at radius 1 is 1.50 bits per heavy atom. The van der Waals surface area contributed by atoms with Crippen LogP contribution in [0, 0.1) is 0 Å². The van der Waals surface area contributed by atoms with E-state index < -0.39 is 5.91 Å². The molecule has 1 amide bonds. The maximum Gasteiger partial charge on any atom is 0.258 e. The molecule has 0 fully saturated rings. The van der Waals surface area contributed by atoms with Gasteiger partial charge in [0.1, 0.15) is 5.75 Å². The molecule has 3 nitrogen and oxygen atoms in total. The Hall–Kier alpha value is -1.55. The number of primary amides is 1. The molecule has 2 N–H and O–H groups in total. The highest BCUT2D eigenvalue weighted by Crippen LogP contribution is 2.32. The molecule has 1 aromatic carbocycles. The van der Waals surface area contributed by atoms with Crippen molar-refractivity contribution in [2.45, 2.75) is 0 Å². The van der Waals surface area contributed by atoms with Crippen molar-refractivity contribution in [3.05, 3.63) is 29.1 Å². The zero-order chi connectivity index (χ0) is 10.1. The van der Waals surface area contributed by atoms with Crippen molar-refractivity contribution >= 4 is 27.3 Å². The van der Waals surface area contributed by atoms with Crippen LogP contribution in [-0.4, -0.2) is 13.0 Å². The van der Waals surface area contributed by atoms with Crippen LogP contribution in [0.3, 0.4) is 0 Å². The summed E-state index contributed by atoms with van der Waals surface area (Å²) in [6, 6.07) is 7.46. The second kappa shape index (κ2) is 3.31. The van der Waals surface area contributed by atoms with Crippen LogP contribution in [0.2, 0.25) is 0 Å². The van der Waals surface area contributed by atoms with E-state index in [0.29, 0.717) is 4.88 Å². The number of hydrogen-bond donors (Lipinski definition) is 1. The quantitative estimate of drug-likeness (QED) is 0.819. The summed E-state index contributed by atoms with van der Waals surface area (Å²) in [7, 11) is 1.61. The van der Waals surface area contributed by atoms with Gasteiger partial charge in [-0.3, -0.25) is 4.79 Å². The predicted molar refractivity (Wildman–Crippen MR) is 56.9 cm³/mol. The molecule has 0 aliphatic heterocycles. The number of nitrogens with two attached hydrogens (primary N) is 1. The highest BCUT2D eigenvalue weighted by molar-refractivity contribution is 7.20. The number of hydrogen-bond acceptors (Lipinski definition) is 3. The van der Waals surface area contributed by atoms with Crippen LogP contribution in [0.5, 0.6) is 5.75 Å². The van der Waals surface area contributed by atoms with E-state index in [1.165, 1.54) is 11.3 Å². The summed E-state index contributed by atoms with van der Waals surface area (Å²) < 4.78 is 6.19. The molecule has 0 spiro atoms. The Morgan fingerprint density at radius 3 is 2.93 bits per heavy atom. The second-order valence-corrected chi connectivity index (χ2v) is 3.93. The van der Waals surface area contributed by atoms with Crippen molar-refractivity contribution < 1.29 is 9.53 Å². The number of rotatable bonds is 2. The number of ether oxygens (including phenoxy) is 1. The third kappa shape index (κ3) is 1.33. The van der Waals surface area contributed by atoms with Crippen molar-refractivity contribution in [2.24, 2.45) is 5.73 Å². The van der Waals surface area contributed by atoms with E-state index in [1.807, 2.05) is 18.2 Å². The zero-order valence-electron chi connectivity index (χ0n) is 7.61. The van der Waals surface area contributed by atoms with Crippen LogP contribution in [0.25, 0.3) is 10.1 Å². The fraction of sp³-hybridized carbons (Fsp3) is 0.100. The van der Waals surface area contributed by atoms with Gasteiger partial charge < -0.3 is 10.5 Å². The van der Waals surface area contributed by atoms with Gasteiger partial charge in [0.2, 0.25) is 0 Å². The van der Waals surface area contributed by atoms with Crippen LogP contribution in [0.4, 0.5) is 0 Å². The highest BCUT2D eigenvalue weighted by atomic mass is 32.1. The molecule has 2 rings (SSSR count). The summed E-state index contributed by atoms with van der Waals surface area (Å²) in [5.74, 6) is 0.375. The van der Waals surface area contributed by atoms with Gasteiger partial charge in [0.05, 0.1) is 12.0 Å². The maximum atomic E-state index is 11.0. The Bertz CT molecular complexity index is 490. The lowest BCUT2D eigenvalue weighted by Crippen LogP contribution is -2.08. The van der Waals surface area contributed by atoms with Crippen molar-refractivity contribution in [2.75, 3.05) is 7.11 Å². The van der Waals surface area contributed by atoms with Gasteiger partial charge in [-0.2, -0.15) is 0 Å². The van der Waals surface area contributed by atoms with E-state index in [9.17, 15) is 4.79 Å². The minimum Gasteiger partial charge on any atom is -0.496 e. The lowest BCUT2D eigenvalue weighted by Gasteiger charge is -1.99. The van der Waals surface area contributed by atoms with Crippen LogP contribution in [0.15, 0.2) is 24.3 Å².